The highest BCUT2D eigenvalue weighted by molar-refractivity contribution is 6.08. The van der Waals surface area contributed by atoms with Crippen LogP contribution in [0.15, 0.2) is 16.9 Å². The minimum absolute atomic E-state index is 0.00620. The second-order valence-corrected chi connectivity index (χ2v) is 6.29. The van der Waals surface area contributed by atoms with Crippen LogP contribution in [0.3, 0.4) is 0 Å². The first-order chi connectivity index (χ1) is 14.3. The Labute approximate surface area is 173 Å². The molecule has 1 N–H and O–H groups in total. The van der Waals surface area contributed by atoms with E-state index >= 15 is 0 Å². The number of nitrogens with one attached hydrogen (secondary N) is 1. The molecule has 30 heavy (non-hydrogen) atoms. The number of hydrogen-bond acceptors (Lipinski definition) is 9. The number of hydrogen-bond donors (Lipinski definition) is 1. The number of esters is 2. The molecule has 2 rings (SSSR count). The van der Waals surface area contributed by atoms with Gasteiger partial charge in [0.1, 0.15) is 0 Å². The van der Waals surface area contributed by atoms with Crippen LogP contribution < -0.4 is 10.1 Å². The van der Waals surface area contributed by atoms with Crippen molar-refractivity contribution in [1.29, 1.82) is 0 Å². The van der Waals surface area contributed by atoms with Crippen molar-refractivity contribution in [3.63, 3.8) is 0 Å². The number of aromatic nitrogens is 3. The maximum Gasteiger partial charge on any atom is 0.344 e. The summed E-state index contributed by atoms with van der Waals surface area (Å²) in [5.74, 6) is -1.90. The van der Waals surface area contributed by atoms with Gasteiger partial charge in [-0.3, -0.25) is 4.79 Å². The van der Waals surface area contributed by atoms with Crippen LogP contribution in [0.1, 0.15) is 33.3 Å². The summed E-state index contributed by atoms with van der Waals surface area (Å²) in [6, 6.07) is 0. The van der Waals surface area contributed by atoms with E-state index in [1.54, 1.807) is 44.8 Å². The summed E-state index contributed by atoms with van der Waals surface area (Å²) in [6.07, 6.45) is 2.88. The van der Waals surface area contributed by atoms with E-state index in [1.165, 1.54) is 6.92 Å². The second kappa shape index (κ2) is 9.90. The van der Waals surface area contributed by atoms with E-state index in [4.69, 9.17) is 18.7 Å². The molecule has 0 atom stereocenters. The van der Waals surface area contributed by atoms with Gasteiger partial charge in [-0.15, -0.1) is 0 Å². The summed E-state index contributed by atoms with van der Waals surface area (Å²) >= 11 is 0. The molecule has 2 aromatic heterocycles. The van der Waals surface area contributed by atoms with Crippen LogP contribution in [-0.2, 0) is 37.3 Å². The number of carbonyl (C=O) groups is 3. The van der Waals surface area contributed by atoms with Crippen LogP contribution in [-0.4, -0.2) is 57.9 Å². The molecular weight excluding hydrogens is 396 g/mol. The molecule has 0 unspecified atom stereocenters. The molecule has 0 aliphatic heterocycles. The van der Waals surface area contributed by atoms with E-state index in [0.717, 1.165) is 0 Å². The molecule has 0 aromatic carbocycles. The van der Waals surface area contributed by atoms with Crippen LogP contribution >= 0.6 is 0 Å². The highest BCUT2D eigenvalue weighted by atomic mass is 16.6. The number of carbonyl (C=O) groups excluding carboxylic acids is 3. The third-order valence-corrected chi connectivity index (χ3v) is 4.14. The molecule has 2 aromatic rings. The Balaban J connectivity index is 2.67. The first-order valence-electron chi connectivity index (χ1n) is 9.52. The monoisotopic (exact) mass is 422 g/mol. The van der Waals surface area contributed by atoms with Gasteiger partial charge in [0.2, 0.25) is 17.2 Å². The summed E-state index contributed by atoms with van der Waals surface area (Å²) in [5.41, 5.74) is -1.89. The van der Waals surface area contributed by atoms with Crippen molar-refractivity contribution in [2.24, 2.45) is 7.05 Å². The Morgan fingerprint density at radius 1 is 1.13 bits per heavy atom. The maximum atomic E-state index is 12.9. The van der Waals surface area contributed by atoms with Crippen LogP contribution in [0.5, 0.6) is 5.88 Å². The van der Waals surface area contributed by atoms with Crippen molar-refractivity contribution in [3.8, 4) is 17.5 Å². The molecule has 0 saturated heterocycles. The Morgan fingerprint density at radius 2 is 1.77 bits per heavy atom. The van der Waals surface area contributed by atoms with E-state index in [2.05, 4.69) is 15.5 Å². The summed E-state index contributed by atoms with van der Waals surface area (Å²) in [5, 5.41) is 6.33. The predicted molar refractivity (Wildman–Crippen MR) is 103 cm³/mol. The van der Waals surface area contributed by atoms with E-state index in [-0.39, 0.29) is 43.4 Å². The summed E-state index contributed by atoms with van der Waals surface area (Å²) in [7, 11) is 1.74. The SMILES string of the molecule is CCOC(=O)C(Cc1c(OCC)noc1-c1nccn1C)(NC(C)=O)C(=O)OCC. The molecule has 0 saturated carbocycles. The van der Waals surface area contributed by atoms with Gasteiger partial charge >= 0.3 is 11.9 Å². The zero-order valence-electron chi connectivity index (χ0n) is 17.7. The number of rotatable bonds is 10. The Bertz CT molecular complexity index is 885. The van der Waals surface area contributed by atoms with Crippen molar-refractivity contribution in [2.45, 2.75) is 39.7 Å². The zero-order chi connectivity index (χ0) is 22.3. The number of amides is 1. The molecule has 0 radical (unpaired) electrons. The normalized spacial score (nSPS) is 11.1. The molecule has 164 valence electrons. The predicted octanol–water partition coefficient (Wildman–Crippen LogP) is 1.02. The Hall–Kier alpha value is -3.37. The third-order valence-electron chi connectivity index (χ3n) is 4.14. The maximum absolute atomic E-state index is 12.9. The lowest BCUT2D eigenvalue weighted by molar-refractivity contribution is -0.168. The molecular formula is C19H26N4O7. The van der Waals surface area contributed by atoms with E-state index in [0.29, 0.717) is 5.82 Å². The van der Waals surface area contributed by atoms with Gasteiger partial charge in [-0.2, -0.15) is 0 Å². The fourth-order valence-electron chi connectivity index (χ4n) is 2.91. The largest absolute Gasteiger partial charge is 0.476 e. The Morgan fingerprint density at radius 3 is 2.23 bits per heavy atom. The Kier molecular flexibility index (Phi) is 7.56. The lowest BCUT2D eigenvalue weighted by Crippen LogP contribution is -2.62. The van der Waals surface area contributed by atoms with Crippen molar-refractivity contribution >= 4 is 17.8 Å². The molecule has 11 heteroatoms. The van der Waals surface area contributed by atoms with Gasteiger partial charge < -0.3 is 28.6 Å². The molecule has 1 amide bonds. The fraction of sp³-hybridized carbons (Fsp3) is 0.526. The smallest absolute Gasteiger partial charge is 0.344 e. The molecule has 0 aliphatic carbocycles. The van der Waals surface area contributed by atoms with Crippen LogP contribution in [0.2, 0.25) is 0 Å². The van der Waals surface area contributed by atoms with E-state index in [1.807, 2.05) is 0 Å². The molecule has 0 bridgehead atoms. The van der Waals surface area contributed by atoms with Gasteiger partial charge in [0.15, 0.2) is 5.82 Å². The third kappa shape index (κ3) is 4.61. The van der Waals surface area contributed by atoms with Crippen molar-refractivity contribution < 1.29 is 33.1 Å². The topological polar surface area (TPSA) is 135 Å². The minimum atomic E-state index is -2.16. The molecule has 0 spiro atoms. The quantitative estimate of drug-likeness (QED) is 0.440. The van der Waals surface area contributed by atoms with Gasteiger partial charge in [0.25, 0.3) is 5.88 Å². The van der Waals surface area contributed by atoms with Gasteiger partial charge in [0, 0.05) is 32.8 Å². The van der Waals surface area contributed by atoms with Crippen LogP contribution in [0.4, 0.5) is 0 Å². The molecule has 0 fully saturated rings. The number of nitrogens with zero attached hydrogens (tertiary/aromatic N) is 3. The summed E-state index contributed by atoms with van der Waals surface area (Å²) in [6.45, 7) is 6.35. The van der Waals surface area contributed by atoms with Crippen molar-refractivity contribution in [2.75, 3.05) is 19.8 Å². The molecule has 0 aliphatic rings. The van der Waals surface area contributed by atoms with Gasteiger partial charge in [-0.05, 0) is 25.9 Å². The molecule has 2 heterocycles. The lowest BCUT2D eigenvalue weighted by Gasteiger charge is -2.29. The van der Waals surface area contributed by atoms with E-state index < -0.39 is 23.4 Å². The first kappa shape index (κ1) is 22.9. The number of imidazole rings is 1. The zero-order valence-corrected chi connectivity index (χ0v) is 17.7. The first-order valence-corrected chi connectivity index (χ1v) is 9.52. The summed E-state index contributed by atoms with van der Waals surface area (Å²) in [4.78, 5) is 42.1. The van der Waals surface area contributed by atoms with Crippen molar-refractivity contribution in [1.82, 2.24) is 20.0 Å². The minimum Gasteiger partial charge on any atom is -0.476 e. The average Bonchev–Trinajstić information content (AvgIpc) is 3.27. The van der Waals surface area contributed by atoms with Crippen LogP contribution in [0.25, 0.3) is 11.6 Å². The van der Waals surface area contributed by atoms with Crippen LogP contribution in [0, 0.1) is 0 Å². The van der Waals surface area contributed by atoms with Gasteiger partial charge in [-0.25, -0.2) is 14.6 Å². The standard InChI is InChI=1S/C19H26N4O7/c1-6-27-16-13(14(30-22-16)15-20-9-10-23(15)5)11-19(21-12(4)24,17(25)28-7-2)18(26)29-8-3/h9-10H,6-8,11H2,1-5H3,(H,21,24). The second-order valence-electron chi connectivity index (χ2n) is 6.29. The highest BCUT2D eigenvalue weighted by Gasteiger charge is 2.52. The number of aryl methyl sites for hydroxylation is 1. The van der Waals surface area contributed by atoms with E-state index in [9.17, 15) is 14.4 Å². The van der Waals surface area contributed by atoms with Crippen molar-refractivity contribution in [3.05, 3.63) is 18.0 Å². The summed E-state index contributed by atoms with van der Waals surface area (Å²) < 4.78 is 22.9. The van der Waals surface area contributed by atoms with Gasteiger partial charge in [0.05, 0.1) is 25.4 Å². The average molecular weight is 422 g/mol. The lowest BCUT2D eigenvalue weighted by atomic mass is 9.90. The molecule has 11 nitrogen and oxygen atoms in total. The number of ether oxygens (including phenoxy) is 3. The highest BCUT2D eigenvalue weighted by Crippen LogP contribution is 2.33. The van der Waals surface area contributed by atoms with Gasteiger partial charge in [-0.1, -0.05) is 0 Å². The fourth-order valence-corrected chi connectivity index (χ4v) is 2.91.